The van der Waals surface area contributed by atoms with Crippen LogP contribution in [0.4, 0.5) is 0 Å². The molecule has 1 heterocycles. The molecule has 1 aromatic rings. The van der Waals surface area contributed by atoms with Crippen molar-refractivity contribution in [2.24, 2.45) is 0 Å². The molecule has 0 aliphatic carbocycles. The highest BCUT2D eigenvalue weighted by Crippen LogP contribution is 2.61. The lowest BCUT2D eigenvalue weighted by atomic mass is 10.3. The molecular formula is C8H8O2S3. The van der Waals surface area contributed by atoms with Crippen LogP contribution in [0.5, 0.6) is 11.5 Å². The van der Waals surface area contributed by atoms with Crippen LogP contribution in [0.15, 0.2) is 21.9 Å². The molecule has 0 radical (unpaired) electrons. The molecule has 0 amide bonds. The zero-order chi connectivity index (χ0) is 9.26. The van der Waals surface area contributed by atoms with Crippen LogP contribution in [0.2, 0.25) is 0 Å². The van der Waals surface area contributed by atoms with Gasteiger partial charge < -0.3 is 9.47 Å². The molecule has 5 heteroatoms. The molecule has 0 fully saturated rings. The monoisotopic (exact) mass is 232 g/mol. The Kier molecular flexibility index (Phi) is 2.86. The molecule has 1 aliphatic heterocycles. The van der Waals surface area contributed by atoms with Crippen LogP contribution in [0.25, 0.3) is 0 Å². The van der Waals surface area contributed by atoms with Gasteiger partial charge in [-0.15, -0.1) is 0 Å². The minimum atomic E-state index is 0.929. The molecule has 1 aromatic carbocycles. The van der Waals surface area contributed by atoms with Crippen LogP contribution in [0.1, 0.15) is 0 Å². The number of methoxy groups -OCH3 is 2. The number of rotatable bonds is 2. The van der Waals surface area contributed by atoms with Gasteiger partial charge in [-0.25, -0.2) is 0 Å². The van der Waals surface area contributed by atoms with E-state index in [0.717, 1.165) is 11.5 Å². The highest BCUT2D eigenvalue weighted by molar-refractivity contribution is 9.10. The minimum absolute atomic E-state index is 0.929. The van der Waals surface area contributed by atoms with Crippen LogP contribution in [-0.2, 0) is 0 Å². The molecule has 2 nitrogen and oxygen atoms in total. The zero-order valence-electron chi connectivity index (χ0n) is 7.20. The van der Waals surface area contributed by atoms with Crippen LogP contribution in [0, 0.1) is 0 Å². The van der Waals surface area contributed by atoms with Gasteiger partial charge in [0.25, 0.3) is 0 Å². The lowest BCUT2D eigenvalue weighted by molar-refractivity contribution is 0.384. The summed E-state index contributed by atoms with van der Waals surface area (Å²) in [6.07, 6.45) is 0. The first-order chi connectivity index (χ1) is 6.36. The van der Waals surface area contributed by atoms with E-state index < -0.39 is 0 Å². The predicted octanol–water partition coefficient (Wildman–Crippen LogP) is 3.46. The second-order valence-corrected chi connectivity index (χ2v) is 6.28. The Morgan fingerprint density at radius 3 is 1.77 bits per heavy atom. The molecule has 0 saturated heterocycles. The number of ether oxygens (including phenoxy) is 2. The third-order valence-electron chi connectivity index (χ3n) is 1.71. The molecule has 0 spiro atoms. The van der Waals surface area contributed by atoms with Crippen molar-refractivity contribution in [1.29, 1.82) is 0 Å². The van der Waals surface area contributed by atoms with Crippen molar-refractivity contribution in [3.8, 4) is 11.5 Å². The average molecular weight is 232 g/mol. The van der Waals surface area contributed by atoms with E-state index >= 15 is 0 Å². The van der Waals surface area contributed by atoms with E-state index in [0.29, 0.717) is 0 Å². The van der Waals surface area contributed by atoms with Gasteiger partial charge in [0.05, 0.1) is 24.0 Å². The van der Waals surface area contributed by atoms with Gasteiger partial charge in [-0.3, -0.25) is 0 Å². The van der Waals surface area contributed by atoms with Gasteiger partial charge in [-0.05, 0) is 43.5 Å². The maximum Gasteiger partial charge on any atom is 0.134 e. The van der Waals surface area contributed by atoms with Crippen molar-refractivity contribution in [1.82, 2.24) is 0 Å². The molecule has 0 saturated carbocycles. The Bertz CT molecular complexity index is 296. The van der Waals surface area contributed by atoms with Gasteiger partial charge in [0.15, 0.2) is 0 Å². The Labute approximate surface area is 88.6 Å². The summed E-state index contributed by atoms with van der Waals surface area (Å²) in [5.41, 5.74) is 0. The van der Waals surface area contributed by atoms with Crippen molar-refractivity contribution in [3.05, 3.63) is 12.1 Å². The van der Waals surface area contributed by atoms with Crippen LogP contribution in [0.3, 0.4) is 0 Å². The average Bonchev–Trinajstić information content (AvgIpc) is 2.64. The first-order valence-electron chi connectivity index (χ1n) is 3.63. The van der Waals surface area contributed by atoms with Gasteiger partial charge >= 0.3 is 0 Å². The molecule has 0 N–H and O–H groups in total. The van der Waals surface area contributed by atoms with Gasteiger partial charge in [0.1, 0.15) is 11.5 Å². The molecule has 0 unspecified atom stereocenters. The summed E-state index contributed by atoms with van der Waals surface area (Å²) in [5.74, 6) is 1.86. The first-order valence-corrected chi connectivity index (χ1v) is 7.11. The highest BCUT2D eigenvalue weighted by atomic mass is 33.5. The third kappa shape index (κ3) is 1.60. The summed E-state index contributed by atoms with van der Waals surface area (Å²) >= 11 is 0. The maximum atomic E-state index is 5.25. The molecule has 1 aliphatic rings. The summed E-state index contributed by atoms with van der Waals surface area (Å²) in [5, 5.41) is 0. The molecular weight excluding hydrogens is 224 g/mol. The fourth-order valence-corrected chi connectivity index (χ4v) is 5.68. The van der Waals surface area contributed by atoms with Crippen molar-refractivity contribution in [3.63, 3.8) is 0 Å². The van der Waals surface area contributed by atoms with Crippen LogP contribution < -0.4 is 9.47 Å². The van der Waals surface area contributed by atoms with E-state index in [1.807, 2.05) is 12.1 Å². The standard InChI is InChI=1S/C8H8O2S3/c1-9-5-3-4-6(10-2)8-7(5)11-13-12-8/h3-4H,1-2H3. The molecule has 0 atom stereocenters. The van der Waals surface area contributed by atoms with Crippen molar-refractivity contribution in [2.45, 2.75) is 9.79 Å². The first kappa shape index (κ1) is 9.43. The lowest BCUT2D eigenvalue weighted by Crippen LogP contribution is -1.89. The Morgan fingerprint density at radius 2 is 1.38 bits per heavy atom. The molecule has 70 valence electrons. The lowest BCUT2D eigenvalue weighted by Gasteiger charge is -2.08. The van der Waals surface area contributed by atoms with Gasteiger partial charge in [-0.2, -0.15) is 0 Å². The van der Waals surface area contributed by atoms with Gasteiger partial charge in [0.2, 0.25) is 0 Å². The summed E-state index contributed by atoms with van der Waals surface area (Å²) in [6.45, 7) is 0. The number of hydrogen-bond donors (Lipinski definition) is 0. The van der Waals surface area contributed by atoms with Crippen LogP contribution >= 0.6 is 31.4 Å². The summed E-state index contributed by atoms with van der Waals surface area (Å²) in [7, 11) is 8.56. The second-order valence-electron chi connectivity index (χ2n) is 2.36. The van der Waals surface area contributed by atoms with Crippen molar-refractivity contribution < 1.29 is 9.47 Å². The number of benzene rings is 1. The smallest absolute Gasteiger partial charge is 0.134 e. The van der Waals surface area contributed by atoms with Crippen molar-refractivity contribution >= 4 is 31.4 Å². The maximum absolute atomic E-state index is 5.25. The molecule has 13 heavy (non-hydrogen) atoms. The Hall–Kier alpha value is -0.130. The van der Waals surface area contributed by atoms with E-state index in [4.69, 9.17) is 9.47 Å². The van der Waals surface area contributed by atoms with E-state index in [9.17, 15) is 0 Å². The SMILES string of the molecule is COc1ccc(OC)c2c1SSS2. The topological polar surface area (TPSA) is 18.5 Å². The Balaban J connectivity index is 2.52. The Morgan fingerprint density at radius 1 is 0.923 bits per heavy atom. The minimum Gasteiger partial charge on any atom is -0.496 e. The zero-order valence-corrected chi connectivity index (χ0v) is 9.65. The quantitative estimate of drug-likeness (QED) is 0.725. The van der Waals surface area contributed by atoms with Gasteiger partial charge in [0, 0.05) is 0 Å². The molecule has 2 rings (SSSR count). The number of hydrogen-bond acceptors (Lipinski definition) is 5. The molecule has 0 aromatic heterocycles. The highest BCUT2D eigenvalue weighted by Gasteiger charge is 2.22. The van der Waals surface area contributed by atoms with Crippen molar-refractivity contribution in [2.75, 3.05) is 14.2 Å². The fourth-order valence-electron chi connectivity index (χ4n) is 1.09. The van der Waals surface area contributed by atoms with E-state index in [1.54, 1.807) is 45.6 Å². The third-order valence-corrected chi connectivity index (χ3v) is 5.76. The van der Waals surface area contributed by atoms with E-state index in [-0.39, 0.29) is 0 Å². The fraction of sp³-hybridized carbons (Fsp3) is 0.250. The predicted molar refractivity (Wildman–Crippen MR) is 58.9 cm³/mol. The normalized spacial score (nSPS) is 14.0. The summed E-state index contributed by atoms with van der Waals surface area (Å²) in [6, 6.07) is 3.88. The van der Waals surface area contributed by atoms with Gasteiger partial charge in [-0.1, -0.05) is 0 Å². The van der Waals surface area contributed by atoms with E-state index in [1.165, 1.54) is 9.79 Å². The number of fused-ring (bicyclic) bond motifs is 1. The van der Waals surface area contributed by atoms with Crippen LogP contribution in [-0.4, -0.2) is 14.2 Å². The summed E-state index contributed by atoms with van der Waals surface area (Å²) in [4.78, 5) is 2.36. The largest absolute Gasteiger partial charge is 0.496 e. The van der Waals surface area contributed by atoms with E-state index in [2.05, 4.69) is 0 Å². The molecule has 0 bridgehead atoms. The summed E-state index contributed by atoms with van der Waals surface area (Å²) < 4.78 is 10.5. The second kappa shape index (κ2) is 3.94.